The highest BCUT2D eigenvalue weighted by molar-refractivity contribution is 5.96. The summed E-state index contributed by atoms with van der Waals surface area (Å²) < 4.78 is 0. The number of H-pyrrole nitrogens is 1. The molecular formula is C25H34N4O2. The summed E-state index contributed by atoms with van der Waals surface area (Å²) in [6.07, 6.45) is 7.66. The number of nitrogens with zero attached hydrogens (tertiary/aromatic N) is 3. The maximum Gasteiger partial charge on any atom is 0.274 e. The van der Waals surface area contributed by atoms with Crippen LogP contribution in [0, 0.1) is 5.92 Å². The summed E-state index contributed by atoms with van der Waals surface area (Å²) in [6.45, 7) is 5.82. The zero-order chi connectivity index (χ0) is 21.8. The molecule has 0 spiro atoms. The van der Waals surface area contributed by atoms with Gasteiger partial charge in [-0.1, -0.05) is 51.3 Å². The largest absolute Gasteiger partial charge is 0.333 e. The van der Waals surface area contributed by atoms with Gasteiger partial charge in [-0.15, -0.1) is 0 Å². The molecule has 1 aromatic heterocycles. The zero-order valence-corrected chi connectivity index (χ0v) is 18.8. The summed E-state index contributed by atoms with van der Waals surface area (Å²) in [5.74, 6) is 0.584. The van der Waals surface area contributed by atoms with Crippen molar-refractivity contribution in [2.24, 2.45) is 5.92 Å². The Kier molecular flexibility index (Phi) is 6.73. The third-order valence-corrected chi connectivity index (χ3v) is 6.33. The SMILES string of the molecule is CC(C)C(=O)N1CCCCCCCN(C(=O)c2cc(C3CC3)[nH]n2)Cc2ccccc21. The van der Waals surface area contributed by atoms with Crippen LogP contribution in [0.15, 0.2) is 30.3 Å². The standard InChI is InChI=1S/C25H34N4O2/c1-18(2)24(30)29-15-9-5-3-4-8-14-28(17-20-10-6-7-11-23(20)29)25(31)22-16-21(26-27-22)19-12-13-19/h6-7,10-11,16,18-19H,3-5,8-9,12-15,17H2,1-2H3,(H,26,27). The molecule has 6 nitrogen and oxygen atoms in total. The minimum Gasteiger partial charge on any atom is -0.333 e. The van der Waals surface area contributed by atoms with Gasteiger partial charge in [0.1, 0.15) is 5.69 Å². The second-order valence-corrected chi connectivity index (χ2v) is 9.25. The molecule has 1 aliphatic heterocycles. The number of fused-ring (bicyclic) bond motifs is 1. The van der Waals surface area contributed by atoms with Crippen molar-refractivity contribution < 1.29 is 9.59 Å². The molecule has 1 fully saturated rings. The highest BCUT2D eigenvalue weighted by atomic mass is 16.2. The monoisotopic (exact) mass is 422 g/mol. The Hall–Kier alpha value is -2.63. The Morgan fingerprint density at radius 1 is 1.03 bits per heavy atom. The number of benzene rings is 1. The molecule has 6 heteroatoms. The molecule has 0 unspecified atom stereocenters. The van der Waals surface area contributed by atoms with E-state index >= 15 is 0 Å². The number of aromatic nitrogens is 2. The first-order valence-corrected chi connectivity index (χ1v) is 11.8. The highest BCUT2D eigenvalue weighted by Gasteiger charge is 2.28. The van der Waals surface area contributed by atoms with Gasteiger partial charge >= 0.3 is 0 Å². The Labute approximate surface area is 185 Å². The summed E-state index contributed by atoms with van der Waals surface area (Å²) in [7, 11) is 0. The molecule has 2 amide bonds. The predicted molar refractivity (Wildman–Crippen MR) is 122 cm³/mol. The fourth-order valence-corrected chi connectivity index (χ4v) is 4.34. The van der Waals surface area contributed by atoms with Crippen LogP contribution >= 0.6 is 0 Å². The van der Waals surface area contributed by atoms with Gasteiger partial charge in [0.15, 0.2) is 0 Å². The van der Waals surface area contributed by atoms with E-state index in [0.717, 1.165) is 55.6 Å². The predicted octanol–water partition coefficient (Wildman–Crippen LogP) is 4.88. The second kappa shape index (κ2) is 9.67. The maximum absolute atomic E-state index is 13.4. The lowest BCUT2D eigenvalue weighted by atomic mass is 10.0. The third kappa shape index (κ3) is 5.17. The van der Waals surface area contributed by atoms with Gasteiger partial charge in [-0.3, -0.25) is 14.7 Å². The first kappa shape index (κ1) is 21.6. The second-order valence-electron chi connectivity index (χ2n) is 9.25. The molecule has 0 bridgehead atoms. The number of aromatic amines is 1. The summed E-state index contributed by atoms with van der Waals surface area (Å²) in [4.78, 5) is 30.2. The van der Waals surface area contributed by atoms with Gasteiger partial charge in [0.2, 0.25) is 5.91 Å². The summed E-state index contributed by atoms with van der Waals surface area (Å²) in [6, 6.07) is 9.96. The summed E-state index contributed by atoms with van der Waals surface area (Å²) in [5.41, 5.74) is 3.53. The van der Waals surface area contributed by atoms with E-state index in [0.29, 0.717) is 24.7 Å². The number of hydrogen-bond acceptors (Lipinski definition) is 3. The van der Waals surface area contributed by atoms with Crippen molar-refractivity contribution in [2.45, 2.75) is 71.3 Å². The van der Waals surface area contributed by atoms with E-state index in [1.54, 1.807) is 0 Å². The Morgan fingerprint density at radius 3 is 2.48 bits per heavy atom. The van der Waals surface area contributed by atoms with E-state index in [1.165, 1.54) is 12.8 Å². The van der Waals surface area contributed by atoms with Gasteiger partial charge in [0, 0.05) is 42.9 Å². The van der Waals surface area contributed by atoms with E-state index in [2.05, 4.69) is 10.2 Å². The van der Waals surface area contributed by atoms with Gasteiger partial charge in [0.25, 0.3) is 5.91 Å². The number of carbonyl (C=O) groups excluding carboxylic acids is 2. The third-order valence-electron chi connectivity index (χ3n) is 6.33. The van der Waals surface area contributed by atoms with E-state index in [9.17, 15) is 9.59 Å². The summed E-state index contributed by atoms with van der Waals surface area (Å²) >= 11 is 0. The van der Waals surface area contributed by atoms with Crippen LogP contribution in [-0.2, 0) is 11.3 Å². The van der Waals surface area contributed by atoms with Crippen LogP contribution < -0.4 is 4.90 Å². The molecule has 1 saturated carbocycles. The molecule has 1 N–H and O–H groups in total. The molecule has 0 radical (unpaired) electrons. The normalized spacial score (nSPS) is 18.3. The van der Waals surface area contributed by atoms with Crippen molar-refractivity contribution in [2.75, 3.05) is 18.0 Å². The van der Waals surface area contributed by atoms with Gasteiger partial charge in [-0.05, 0) is 43.4 Å². The Balaban J connectivity index is 1.63. The van der Waals surface area contributed by atoms with Crippen molar-refractivity contribution >= 4 is 17.5 Å². The van der Waals surface area contributed by atoms with Crippen LogP contribution in [0.25, 0.3) is 0 Å². The molecule has 1 aromatic carbocycles. The lowest BCUT2D eigenvalue weighted by Gasteiger charge is -2.30. The molecule has 2 aliphatic rings. The number of para-hydroxylation sites is 1. The zero-order valence-electron chi connectivity index (χ0n) is 18.8. The van der Waals surface area contributed by atoms with Crippen LogP contribution in [0.3, 0.4) is 0 Å². The topological polar surface area (TPSA) is 69.3 Å². The first-order chi connectivity index (χ1) is 15.0. The van der Waals surface area contributed by atoms with E-state index < -0.39 is 0 Å². The van der Waals surface area contributed by atoms with Crippen molar-refractivity contribution in [3.05, 3.63) is 47.3 Å². The molecule has 2 aromatic rings. The Morgan fingerprint density at radius 2 is 1.74 bits per heavy atom. The fraction of sp³-hybridized carbons (Fsp3) is 0.560. The fourth-order valence-electron chi connectivity index (χ4n) is 4.34. The van der Waals surface area contributed by atoms with Gasteiger partial charge < -0.3 is 9.80 Å². The Bertz CT molecular complexity index is 916. The molecule has 166 valence electrons. The number of hydrogen-bond donors (Lipinski definition) is 1. The minimum atomic E-state index is -0.0661. The summed E-state index contributed by atoms with van der Waals surface area (Å²) in [5, 5.41) is 7.38. The molecule has 1 aliphatic carbocycles. The number of nitrogens with one attached hydrogen (secondary N) is 1. The van der Waals surface area contributed by atoms with E-state index in [-0.39, 0.29) is 17.7 Å². The van der Waals surface area contributed by atoms with Crippen LogP contribution in [0.2, 0.25) is 0 Å². The lowest BCUT2D eigenvalue weighted by molar-refractivity contribution is -0.121. The van der Waals surface area contributed by atoms with E-state index in [1.807, 2.05) is 54.0 Å². The van der Waals surface area contributed by atoms with Crippen LogP contribution in [0.4, 0.5) is 5.69 Å². The van der Waals surface area contributed by atoms with Crippen LogP contribution in [0.1, 0.15) is 86.5 Å². The molecule has 31 heavy (non-hydrogen) atoms. The van der Waals surface area contributed by atoms with Crippen molar-refractivity contribution in [1.29, 1.82) is 0 Å². The molecule has 4 rings (SSSR count). The number of carbonyl (C=O) groups is 2. The minimum absolute atomic E-state index is 0.0308. The van der Waals surface area contributed by atoms with Crippen molar-refractivity contribution in [1.82, 2.24) is 15.1 Å². The van der Waals surface area contributed by atoms with Gasteiger partial charge in [-0.2, -0.15) is 5.10 Å². The molecular weight excluding hydrogens is 388 g/mol. The molecule has 0 saturated heterocycles. The van der Waals surface area contributed by atoms with Crippen molar-refractivity contribution in [3.8, 4) is 0 Å². The maximum atomic E-state index is 13.4. The van der Waals surface area contributed by atoms with Crippen LogP contribution in [0.5, 0.6) is 0 Å². The number of anilines is 1. The number of amides is 2. The average Bonchev–Trinajstić information content (AvgIpc) is 3.50. The molecule has 2 heterocycles. The smallest absolute Gasteiger partial charge is 0.274 e. The van der Waals surface area contributed by atoms with E-state index in [4.69, 9.17) is 0 Å². The van der Waals surface area contributed by atoms with Crippen molar-refractivity contribution in [3.63, 3.8) is 0 Å². The highest BCUT2D eigenvalue weighted by Crippen LogP contribution is 2.39. The lowest BCUT2D eigenvalue weighted by Crippen LogP contribution is -2.37. The van der Waals surface area contributed by atoms with Crippen LogP contribution in [-0.4, -0.2) is 40.0 Å². The van der Waals surface area contributed by atoms with Gasteiger partial charge in [-0.25, -0.2) is 0 Å². The average molecular weight is 423 g/mol. The first-order valence-electron chi connectivity index (χ1n) is 11.8. The quantitative estimate of drug-likeness (QED) is 0.766. The van der Waals surface area contributed by atoms with Gasteiger partial charge in [0.05, 0.1) is 0 Å². The molecule has 0 atom stereocenters. The number of rotatable bonds is 3.